The Kier molecular flexibility index (Phi) is 7.59. The maximum absolute atomic E-state index is 11.4. The number of methoxy groups -OCH3 is 1. The molecule has 0 aliphatic rings. The summed E-state index contributed by atoms with van der Waals surface area (Å²) in [5.74, 6) is -0.653. The van der Waals surface area contributed by atoms with Crippen LogP contribution < -0.4 is 0 Å². The Morgan fingerprint density at radius 3 is 2.28 bits per heavy atom. The minimum Gasteiger partial charge on any atom is -0.469 e. The van der Waals surface area contributed by atoms with Crippen LogP contribution in [-0.2, 0) is 19.1 Å². The Hall–Kier alpha value is -1.10. The van der Waals surface area contributed by atoms with E-state index in [-0.39, 0.29) is 12.4 Å². The highest BCUT2D eigenvalue weighted by Gasteiger charge is 2.19. The van der Waals surface area contributed by atoms with E-state index in [1.54, 1.807) is 20.8 Å². The molecule has 1 unspecified atom stereocenters. The van der Waals surface area contributed by atoms with E-state index in [1.807, 2.05) is 0 Å². The van der Waals surface area contributed by atoms with E-state index in [0.717, 1.165) is 0 Å². The lowest BCUT2D eigenvalue weighted by Gasteiger charge is -2.20. The van der Waals surface area contributed by atoms with Crippen molar-refractivity contribution in [2.75, 3.05) is 7.11 Å². The third-order valence-electron chi connectivity index (χ3n) is 2.22. The molecule has 0 aromatic heterocycles. The molecule has 0 fully saturated rings. The molecule has 0 aliphatic carbocycles. The number of hydrogen-bond donors (Lipinski definition) is 1. The summed E-state index contributed by atoms with van der Waals surface area (Å²) < 4.78 is 9.60. The first kappa shape index (κ1) is 16.9. The van der Waals surface area contributed by atoms with Gasteiger partial charge in [0.2, 0.25) is 0 Å². The molecule has 5 heteroatoms. The van der Waals surface area contributed by atoms with Gasteiger partial charge in [-0.2, -0.15) is 0 Å². The van der Waals surface area contributed by atoms with Gasteiger partial charge < -0.3 is 14.6 Å². The monoisotopic (exact) mass is 260 g/mol. The highest BCUT2D eigenvalue weighted by Crippen LogP contribution is 2.12. The van der Waals surface area contributed by atoms with Crippen molar-refractivity contribution in [3.8, 4) is 0 Å². The van der Waals surface area contributed by atoms with Gasteiger partial charge in [0.05, 0.1) is 19.6 Å². The van der Waals surface area contributed by atoms with Crippen LogP contribution in [0.2, 0.25) is 0 Å². The fraction of sp³-hybridized carbons (Fsp3) is 0.846. The van der Waals surface area contributed by atoms with Gasteiger partial charge in [-0.15, -0.1) is 0 Å². The Labute approximate surface area is 108 Å². The molecule has 106 valence electrons. The molecule has 1 atom stereocenters. The average molecular weight is 260 g/mol. The van der Waals surface area contributed by atoms with Crippen LogP contribution in [0.25, 0.3) is 0 Å². The van der Waals surface area contributed by atoms with Crippen LogP contribution in [0.4, 0.5) is 0 Å². The van der Waals surface area contributed by atoms with Crippen LogP contribution in [0.5, 0.6) is 0 Å². The van der Waals surface area contributed by atoms with Gasteiger partial charge in [-0.3, -0.25) is 9.59 Å². The third kappa shape index (κ3) is 10.1. The lowest BCUT2D eigenvalue weighted by Crippen LogP contribution is -2.26. The molecular weight excluding hydrogens is 236 g/mol. The topological polar surface area (TPSA) is 72.8 Å². The minimum absolute atomic E-state index is 0.00447. The average Bonchev–Trinajstić information content (AvgIpc) is 2.21. The summed E-state index contributed by atoms with van der Waals surface area (Å²) in [6.07, 6.45) is 1.44. The van der Waals surface area contributed by atoms with E-state index in [2.05, 4.69) is 4.74 Å². The summed E-state index contributed by atoms with van der Waals surface area (Å²) in [6, 6.07) is 0. The van der Waals surface area contributed by atoms with Crippen molar-refractivity contribution in [3.05, 3.63) is 0 Å². The van der Waals surface area contributed by atoms with E-state index in [4.69, 9.17) is 4.74 Å². The van der Waals surface area contributed by atoms with E-state index >= 15 is 0 Å². The molecule has 0 amide bonds. The number of aliphatic hydroxyl groups is 1. The molecule has 0 bridgehead atoms. The van der Waals surface area contributed by atoms with Crippen LogP contribution in [0.3, 0.4) is 0 Å². The van der Waals surface area contributed by atoms with Crippen molar-refractivity contribution in [3.63, 3.8) is 0 Å². The van der Waals surface area contributed by atoms with Crippen molar-refractivity contribution in [1.29, 1.82) is 0 Å². The molecule has 1 N–H and O–H groups in total. The van der Waals surface area contributed by atoms with E-state index in [9.17, 15) is 14.7 Å². The summed E-state index contributed by atoms with van der Waals surface area (Å²) in [4.78, 5) is 22.2. The van der Waals surface area contributed by atoms with E-state index in [1.165, 1.54) is 7.11 Å². The molecule has 0 rings (SSSR count). The molecule has 0 aliphatic heterocycles. The summed E-state index contributed by atoms with van der Waals surface area (Å²) in [5.41, 5.74) is -0.526. The summed E-state index contributed by atoms with van der Waals surface area (Å²) >= 11 is 0. The zero-order valence-electron chi connectivity index (χ0n) is 11.7. The standard InChI is InChI=1S/C13H24O5/c1-13(2,3)18-12(16)9-10(14)7-5-6-8-11(15)17-4/h10,14H,5-9H2,1-4H3. The Morgan fingerprint density at radius 1 is 1.17 bits per heavy atom. The number of carbonyl (C=O) groups excluding carboxylic acids is 2. The number of rotatable bonds is 7. The fourth-order valence-electron chi connectivity index (χ4n) is 1.43. The number of esters is 2. The first-order valence-electron chi connectivity index (χ1n) is 6.21. The molecule has 5 nitrogen and oxygen atoms in total. The van der Waals surface area contributed by atoms with E-state index in [0.29, 0.717) is 25.7 Å². The van der Waals surface area contributed by atoms with Crippen molar-refractivity contribution in [2.45, 2.75) is 64.6 Å². The summed E-state index contributed by atoms with van der Waals surface area (Å²) in [6.45, 7) is 5.36. The Morgan fingerprint density at radius 2 is 1.78 bits per heavy atom. The summed E-state index contributed by atoms with van der Waals surface area (Å²) in [5, 5.41) is 9.62. The van der Waals surface area contributed by atoms with Crippen LogP contribution >= 0.6 is 0 Å². The molecule has 0 heterocycles. The van der Waals surface area contributed by atoms with Gasteiger partial charge in [0, 0.05) is 6.42 Å². The Balaban J connectivity index is 3.68. The zero-order chi connectivity index (χ0) is 14.2. The number of hydrogen-bond acceptors (Lipinski definition) is 5. The normalized spacial score (nSPS) is 12.9. The predicted molar refractivity (Wildman–Crippen MR) is 67.0 cm³/mol. The lowest BCUT2D eigenvalue weighted by atomic mass is 10.1. The van der Waals surface area contributed by atoms with Gasteiger partial charge >= 0.3 is 11.9 Å². The molecule has 0 aromatic carbocycles. The van der Waals surface area contributed by atoms with Gasteiger partial charge in [0.15, 0.2) is 0 Å². The zero-order valence-corrected chi connectivity index (χ0v) is 11.7. The van der Waals surface area contributed by atoms with Crippen molar-refractivity contribution in [2.24, 2.45) is 0 Å². The number of unbranched alkanes of at least 4 members (excludes halogenated alkanes) is 1. The largest absolute Gasteiger partial charge is 0.469 e. The molecule has 18 heavy (non-hydrogen) atoms. The first-order valence-corrected chi connectivity index (χ1v) is 6.21. The van der Waals surface area contributed by atoms with Crippen LogP contribution in [-0.4, -0.2) is 35.9 Å². The molecule has 0 aromatic rings. The van der Waals surface area contributed by atoms with Gasteiger partial charge in [0.1, 0.15) is 5.60 Å². The Bertz CT molecular complexity index is 267. The van der Waals surface area contributed by atoms with E-state index < -0.39 is 17.7 Å². The second kappa shape index (κ2) is 8.08. The minimum atomic E-state index is -0.711. The van der Waals surface area contributed by atoms with Crippen molar-refractivity contribution < 1.29 is 24.2 Å². The second-order valence-corrected chi connectivity index (χ2v) is 5.27. The number of aliphatic hydroxyl groups excluding tert-OH is 1. The molecule has 0 saturated carbocycles. The molecule has 0 spiro atoms. The van der Waals surface area contributed by atoms with Gasteiger partial charge in [-0.25, -0.2) is 0 Å². The second-order valence-electron chi connectivity index (χ2n) is 5.27. The lowest BCUT2D eigenvalue weighted by molar-refractivity contribution is -0.157. The fourth-order valence-corrected chi connectivity index (χ4v) is 1.43. The van der Waals surface area contributed by atoms with Crippen LogP contribution in [0.1, 0.15) is 52.9 Å². The van der Waals surface area contributed by atoms with Crippen molar-refractivity contribution >= 4 is 11.9 Å². The number of carbonyl (C=O) groups is 2. The van der Waals surface area contributed by atoms with Gasteiger partial charge in [-0.05, 0) is 33.6 Å². The maximum atomic E-state index is 11.4. The predicted octanol–water partition coefficient (Wildman–Crippen LogP) is 1.81. The van der Waals surface area contributed by atoms with Gasteiger partial charge in [-0.1, -0.05) is 6.42 Å². The molecule has 0 saturated heterocycles. The number of ether oxygens (including phenoxy) is 2. The maximum Gasteiger partial charge on any atom is 0.308 e. The SMILES string of the molecule is COC(=O)CCCCC(O)CC(=O)OC(C)(C)C. The summed E-state index contributed by atoms with van der Waals surface area (Å²) in [7, 11) is 1.35. The smallest absolute Gasteiger partial charge is 0.308 e. The van der Waals surface area contributed by atoms with Gasteiger partial charge in [0.25, 0.3) is 0 Å². The first-order chi connectivity index (χ1) is 8.24. The highest BCUT2D eigenvalue weighted by atomic mass is 16.6. The van der Waals surface area contributed by atoms with Crippen LogP contribution in [0, 0.1) is 0 Å². The quantitative estimate of drug-likeness (QED) is 0.558. The molecule has 0 radical (unpaired) electrons. The molecular formula is C13H24O5. The highest BCUT2D eigenvalue weighted by molar-refractivity contribution is 5.70. The third-order valence-corrected chi connectivity index (χ3v) is 2.22. The van der Waals surface area contributed by atoms with Crippen LogP contribution in [0.15, 0.2) is 0 Å². The van der Waals surface area contributed by atoms with Crippen molar-refractivity contribution in [1.82, 2.24) is 0 Å².